The molecule has 1 aliphatic heterocycles. The van der Waals surface area contributed by atoms with Gasteiger partial charge in [-0.2, -0.15) is 0 Å². The maximum absolute atomic E-state index is 2.51. The van der Waals surface area contributed by atoms with Crippen LogP contribution >= 0.6 is 0 Å². The van der Waals surface area contributed by atoms with Crippen molar-refractivity contribution in [2.75, 3.05) is 0 Å². The molecule has 0 saturated heterocycles. The van der Waals surface area contributed by atoms with E-state index in [1.54, 1.807) is 0 Å². The van der Waals surface area contributed by atoms with Gasteiger partial charge in [0.05, 0.1) is 22.8 Å². The van der Waals surface area contributed by atoms with E-state index >= 15 is 0 Å². The highest BCUT2D eigenvalue weighted by Gasteiger charge is 2.29. The summed E-state index contributed by atoms with van der Waals surface area (Å²) in [7, 11) is 0. The first kappa shape index (κ1) is 12.4. The van der Waals surface area contributed by atoms with Crippen LogP contribution in [0.15, 0.2) is 72.8 Å². The molecule has 3 aromatic carbocycles. The normalized spacial score (nSPS) is 16.1. The van der Waals surface area contributed by atoms with Crippen LogP contribution in [0.25, 0.3) is 38.5 Å². The second-order valence-corrected chi connectivity index (χ2v) is 6.67. The fourth-order valence-electron chi connectivity index (χ4n) is 4.55. The van der Waals surface area contributed by atoms with Crippen LogP contribution in [0.2, 0.25) is 0 Å². The van der Waals surface area contributed by atoms with Gasteiger partial charge >= 0.3 is 0 Å². The Morgan fingerprint density at radius 1 is 0.708 bits per heavy atom. The van der Waals surface area contributed by atoms with Gasteiger partial charge in [-0.3, -0.25) is 4.57 Å². The van der Waals surface area contributed by atoms with Crippen molar-refractivity contribution < 1.29 is 0 Å². The number of hydrogen-bond donors (Lipinski definition) is 0. The fraction of sp³-hybridized carbons (Fsp3) is 0.0909. The maximum Gasteiger partial charge on any atom is 0.127 e. The molecular weight excluding hydrogens is 292 g/mol. The maximum atomic E-state index is 2.51. The second kappa shape index (κ2) is 4.09. The van der Waals surface area contributed by atoms with Gasteiger partial charge in [-0.05, 0) is 30.7 Å². The zero-order valence-corrected chi connectivity index (χ0v) is 13.4. The van der Waals surface area contributed by atoms with E-state index in [1.807, 2.05) is 0 Å². The predicted molar refractivity (Wildman–Crippen MR) is 100 cm³/mol. The van der Waals surface area contributed by atoms with Gasteiger partial charge < -0.3 is 4.57 Å². The lowest BCUT2D eigenvalue weighted by molar-refractivity contribution is 0.653. The topological polar surface area (TPSA) is 9.86 Å². The van der Waals surface area contributed by atoms with Gasteiger partial charge in [0.1, 0.15) is 5.65 Å². The molecule has 0 bridgehead atoms. The molecular formula is C22H16N2. The largest absolute Gasteiger partial charge is 0.319 e. The third-order valence-corrected chi connectivity index (χ3v) is 5.53. The number of rotatable bonds is 0. The van der Waals surface area contributed by atoms with Crippen molar-refractivity contribution in [3.05, 3.63) is 78.4 Å². The minimum absolute atomic E-state index is 0.334. The van der Waals surface area contributed by atoms with Gasteiger partial charge in [-0.15, -0.1) is 0 Å². The summed E-state index contributed by atoms with van der Waals surface area (Å²) in [4.78, 5) is 0. The van der Waals surface area contributed by atoms with Crippen LogP contribution in [0.3, 0.4) is 0 Å². The zero-order chi connectivity index (χ0) is 15.8. The smallest absolute Gasteiger partial charge is 0.127 e. The Labute approximate surface area is 139 Å². The predicted octanol–water partition coefficient (Wildman–Crippen LogP) is 5.66. The highest BCUT2D eigenvalue weighted by Crippen LogP contribution is 2.45. The number of nitrogens with zero attached hydrogens (tertiary/aromatic N) is 2. The molecule has 2 nitrogen and oxygen atoms in total. The zero-order valence-electron chi connectivity index (χ0n) is 13.4. The summed E-state index contributed by atoms with van der Waals surface area (Å²) < 4.78 is 4.95. The van der Waals surface area contributed by atoms with Crippen LogP contribution < -0.4 is 0 Å². The third-order valence-electron chi connectivity index (χ3n) is 5.53. The Morgan fingerprint density at radius 3 is 2.17 bits per heavy atom. The molecule has 2 heteroatoms. The molecule has 0 amide bonds. The van der Waals surface area contributed by atoms with Crippen molar-refractivity contribution >= 4 is 32.8 Å². The average Bonchev–Trinajstić information content (AvgIpc) is 3.14. The monoisotopic (exact) mass is 308 g/mol. The molecule has 0 saturated carbocycles. The molecule has 3 heterocycles. The molecule has 0 radical (unpaired) electrons. The molecule has 0 spiro atoms. The van der Waals surface area contributed by atoms with Crippen LogP contribution in [0.4, 0.5) is 0 Å². The van der Waals surface area contributed by atoms with Crippen molar-refractivity contribution in [2.24, 2.45) is 0 Å². The first-order chi connectivity index (χ1) is 11.9. The molecule has 2 aromatic heterocycles. The van der Waals surface area contributed by atoms with Gasteiger partial charge in [0, 0.05) is 16.2 Å². The minimum Gasteiger partial charge on any atom is -0.319 e. The Hall–Kier alpha value is -3.00. The van der Waals surface area contributed by atoms with E-state index in [2.05, 4.69) is 88.9 Å². The van der Waals surface area contributed by atoms with Crippen molar-refractivity contribution in [2.45, 2.75) is 13.0 Å². The molecule has 0 unspecified atom stereocenters. The summed E-state index contributed by atoms with van der Waals surface area (Å²) in [5.41, 5.74) is 6.63. The number of para-hydroxylation sites is 3. The summed E-state index contributed by atoms with van der Waals surface area (Å²) in [6.45, 7) is 2.31. The Bertz CT molecular complexity index is 1270. The van der Waals surface area contributed by atoms with Crippen LogP contribution in [0, 0.1) is 0 Å². The van der Waals surface area contributed by atoms with Crippen molar-refractivity contribution in [1.82, 2.24) is 9.13 Å². The van der Waals surface area contributed by atoms with E-state index in [9.17, 15) is 0 Å². The first-order valence-electron chi connectivity index (χ1n) is 8.47. The van der Waals surface area contributed by atoms with E-state index in [1.165, 1.54) is 44.1 Å². The molecule has 114 valence electrons. The summed E-state index contributed by atoms with van der Waals surface area (Å²) >= 11 is 0. The second-order valence-electron chi connectivity index (χ2n) is 6.67. The summed E-state index contributed by atoms with van der Waals surface area (Å²) in [6, 6.07) is 26.7. The van der Waals surface area contributed by atoms with E-state index < -0.39 is 0 Å². The summed E-state index contributed by atoms with van der Waals surface area (Å²) in [5.74, 6) is 0. The number of hydrogen-bond acceptors (Lipinski definition) is 0. The van der Waals surface area contributed by atoms with Crippen LogP contribution in [0.5, 0.6) is 0 Å². The van der Waals surface area contributed by atoms with E-state index in [4.69, 9.17) is 0 Å². The molecule has 0 N–H and O–H groups in total. The minimum atomic E-state index is 0.334. The molecule has 24 heavy (non-hydrogen) atoms. The molecule has 6 rings (SSSR count). The molecule has 0 aliphatic carbocycles. The van der Waals surface area contributed by atoms with Crippen LogP contribution in [0.1, 0.15) is 18.5 Å². The van der Waals surface area contributed by atoms with Gasteiger partial charge in [-0.1, -0.05) is 54.6 Å². The van der Waals surface area contributed by atoms with E-state index in [0.717, 1.165) is 0 Å². The van der Waals surface area contributed by atoms with Gasteiger partial charge in [-0.25, -0.2) is 0 Å². The molecule has 5 aromatic rings. The van der Waals surface area contributed by atoms with Crippen LogP contribution in [-0.4, -0.2) is 9.13 Å². The van der Waals surface area contributed by atoms with Gasteiger partial charge in [0.25, 0.3) is 0 Å². The van der Waals surface area contributed by atoms with E-state index in [-0.39, 0.29) is 0 Å². The highest BCUT2D eigenvalue weighted by atomic mass is 15.2. The van der Waals surface area contributed by atoms with Crippen molar-refractivity contribution in [3.63, 3.8) is 0 Å². The number of aromatic nitrogens is 2. The highest BCUT2D eigenvalue weighted by molar-refractivity contribution is 6.22. The molecule has 0 fully saturated rings. The van der Waals surface area contributed by atoms with Crippen molar-refractivity contribution in [3.8, 4) is 5.69 Å². The molecule has 1 aliphatic rings. The van der Waals surface area contributed by atoms with Gasteiger partial charge in [0.15, 0.2) is 0 Å². The van der Waals surface area contributed by atoms with Crippen LogP contribution in [-0.2, 0) is 0 Å². The Morgan fingerprint density at radius 2 is 1.33 bits per heavy atom. The van der Waals surface area contributed by atoms with Crippen molar-refractivity contribution in [1.29, 1.82) is 0 Å². The summed E-state index contributed by atoms with van der Waals surface area (Å²) in [6.07, 6.45) is 0. The first-order valence-corrected chi connectivity index (χ1v) is 8.47. The SMILES string of the molecule is C[C@@H]1c2ccccc2-n2c3ccccc3c3c4ccccc4n1c32. The summed E-state index contributed by atoms with van der Waals surface area (Å²) in [5, 5.41) is 4.07. The standard InChI is InChI=1S/C22H16N2/c1-14-15-8-2-5-11-18(15)24-20-13-7-4-10-17(20)21-16-9-3-6-12-19(16)23(14)22(21)24/h2-14H,1H3/t14-/m1/s1. The number of fused-ring (bicyclic) bond motifs is 8. The lowest BCUT2D eigenvalue weighted by Gasteiger charge is -2.27. The lowest BCUT2D eigenvalue weighted by Crippen LogP contribution is -2.17. The van der Waals surface area contributed by atoms with Gasteiger partial charge in [0.2, 0.25) is 0 Å². The fourth-order valence-corrected chi connectivity index (χ4v) is 4.55. The molecule has 1 atom stereocenters. The lowest BCUT2D eigenvalue weighted by atomic mass is 10.0. The van der Waals surface area contributed by atoms with E-state index in [0.29, 0.717) is 6.04 Å². The third kappa shape index (κ3) is 1.26. The Kier molecular flexibility index (Phi) is 2.12. The quantitative estimate of drug-likeness (QED) is 0.349. The number of benzene rings is 3. The average molecular weight is 308 g/mol. The Balaban J connectivity index is 2.02.